The van der Waals surface area contributed by atoms with Gasteiger partial charge in [0.2, 0.25) is 5.91 Å². The molecule has 0 saturated carbocycles. The lowest BCUT2D eigenvalue weighted by atomic mass is 9.72. The molecule has 2 aromatic heterocycles. The van der Waals surface area contributed by atoms with E-state index in [4.69, 9.17) is 4.42 Å². The SMILES string of the molecule is CC(C)(C)C1CCc2c(sc(NC(=O)CN3CCN(C(=O)c4ccco4)CC3)c2C#N)C1. The molecule has 3 heterocycles. The summed E-state index contributed by atoms with van der Waals surface area (Å²) in [6.07, 6.45) is 4.45. The van der Waals surface area contributed by atoms with Crippen molar-refractivity contribution in [3.63, 3.8) is 0 Å². The Bertz CT molecular complexity index is 1020. The summed E-state index contributed by atoms with van der Waals surface area (Å²) in [7, 11) is 0. The van der Waals surface area contributed by atoms with Crippen LogP contribution in [-0.2, 0) is 17.6 Å². The van der Waals surface area contributed by atoms with E-state index in [0.717, 1.165) is 24.8 Å². The van der Waals surface area contributed by atoms with Crippen molar-refractivity contribution in [1.29, 1.82) is 5.26 Å². The molecule has 2 aromatic rings. The van der Waals surface area contributed by atoms with Crippen molar-refractivity contribution < 1.29 is 14.0 Å². The molecule has 2 amide bonds. The molecule has 0 aromatic carbocycles. The minimum Gasteiger partial charge on any atom is -0.459 e. The highest BCUT2D eigenvalue weighted by Crippen LogP contribution is 2.43. The fourth-order valence-corrected chi connectivity index (χ4v) is 5.86. The Morgan fingerprint density at radius 3 is 2.66 bits per heavy atom. The molecular formula is C24H30N4O3S. The number of nitriles is 1. The highest BCUT2D eigenvalue weighted by molar-refractivity contribution is 7.16. The van der Waals surface area contributed by atoms with E-state index in [1.807, 2.05) is 4.90 Å². The van der Waals surface area contributed by atoms with Gasteiger partial charge >= 0.3 is 0 Å². The van der Waals surface area contributed by atoms with Crippen LogP contribution >= 0.6 is 11.3 Å². The smallest absolute Gasteiger partial charge is 0.289 e. The second kappa shape index (κ2) is 9.08. The van der Waals surface area contributed by atoms with Gasteiger partial charge in [-0.15, -0.1) is 11.3 Å². The zero-order valence-electron chi connectivity index (χ0n) is 18.9. The number of anilines is 1. The van der Waals surface area contributed by atoms with Crippen LogP contribution in [0.4, 0.5) is 5.00 Å². The van der Waals surface area contributed by atoms with Crippen LogP contribution in [0.25, 0.3) is 0 Å². The Hall–Kier alpha value is -2.63. The molecule has 0 radical (unpaired) electrons. The van der Waals surface area contributed by atoms with E-state index < -0.39 is 0 Å². The molecule has 170 valence electrons. The van der Waals surface area contributed by atoms with Gasteiger partial charge in [-0.25, -0.2) is 0 Å². The first kappa shape index (κ1) is 22.6. The van der Waals surface area contributed by atoms with Crippen molar-refractivity contribution in [1.82, 2.24) is 9.80 Å². The van der Waals surface area contributed by atoms with Crippen molar-refractivity contribution >= 4 is 28.2 Å². The highest BCUT2D eigenvalue weighted by Gasteiger charge is 2.32. The van der Waals surface area contributed by atoms with Crippen molar-refractivity contribution in [2.24, 2.45) is 11.3 Å². The largest absolute Gasteiger partial charge is 0.459 e. The number of piperazine rings is 1. The Kier molecular flexibility index (Phi) is 6.40. The molecular weight excluding hydrogens is 424 g/mol. The second-order valence-electron chi connectivity index (χ2n) is 9.72. The van der Waals surface area contributed by atoms with Gasteiger partial charge in [0, 0.05) is 31.1 Å². The number of nitrogens with one attached hydrogen (secondary N) is 1. The van der Waals surface area contributed by atoms with Crippen LogP contribution in [0.15, 0.2) is 22.8 Å². The van der Waals surface area contributed by atoms with Gasteiger partial charge in [-0.1, -0.05) is 20.8 Å². The minimum absolute atomic E-state index is 0.113. The quantitative estimate of drug-likeness (QED) is 0.760. The molecule has 7 nitrogen and oxygen atoms in total. The number of thiophene rings is 1. The van der Waals surface area contributed by atoms with Gasteiger partial charge < -0.3 is 14.6 Å². The van der Waals surface area contributed by atoms with Gasteiger partial charge in [-0.05, 0) is 48.3 Å². The highest BCUT2D eigenvalue weighted by atomic mass is 32.1. The van der Waals surface area contributed by atoms with Crippen LogP contribution in [0, 0.1) is 22.7 Å². The molecule has 1 aliphatic heterocycles. The number of rotatable bonds is 4. The minimum atomic E-state index is -0.115. The average molecular weight is 455 g/mol. The molecule has 1 unspecified atom stereocenters. The summed E-state index contributed by atoms with van der Waals surface area (Å²) in [5, 5.41) is 13.4. The summed E-state index contributed by atoms with van der Waals surface area (Å²) >= 11 is 1.56. The van der Waals surface area contributed by atoms with Gasteiger partial charge in [0.25, 0.3) is 5.91 Å². The topological polar surface area (TPSA) is 89.6 Å². The zero-order valence-corrected chi connectivity index (χ0v) is 19.8. The third-order valence-corrected chi connectivity index (χ3v) is 7.78. The summed E-state index contributed by atoms with van der Waals surface area (Å²) in [5.74, 6) is 0.702. The third kappa shape index (κ3) is 4.74. The van der Waals surface area contributed by atoms with Crippen molar-refractivity contribution in [3.8, 4) is 6.07 Å². The number of hydrogen-bond donors (Lipinski definition) is 1. The normalized spacial score (nSPS) is 19.3. The number of hydrogen-bond acceptors (Lipinski definition) is 6. The fourth-order valence-electron chi connectivity index (χ4n) is 4.57. The first-order valence-corrected chi connectivity index (χ1v) is 12.0. The molecule has 8 heteroatoms. The first-order valence-electron chi connectivity index (χ1n) is 11.2. The molecule has 2 aliphatic rings. The van der Waals surface area contributed by atoms with E-state index in [-0.39, 0.29) is 23.8 Å². The molecule has 1 N–H and O–H groups in total. The van der Waals surface area contributed by atoms with E-state index >= 15 is 0 Å². The Morgan fingerprint density at radius 2 is 2.03 bits per heavy atom. The van der Waals surface area contributed by atoms with E-state index in [9.17, 15) is 14.9 Å². The molecule has 32 heavy (non-hydrogen) atoms. The van der Waals surface area contributed by atoms with Crippen molar-refractivity contribution in [3.05, 3.63) is 40.2 Å². The second-order valence-corrected chi connectivity index (χ2v) is 10.8. The monoisotopic (exact) mass is 454 g/mol. The van der Waals surface area contributed by atoms with Crippen LogP contribution in [0.3, 0.4) is 0 Å². The van der Waals surface area contributed by atoms with E-state index in [0.29, 0.717) is 48.4 Å². The Labute approximate surface area is 193 Å². The van der Waals surface area contributed by atoms with Gasteiger partial charge in [0.1, 0.15) is 11.1 Å². The zero-order chi connectivity index (χ0) is 22.9. The fraction of sp³-hybridized carbons (Fsp3) is 0.542. The molecule has 1 aliphatic carbocycles. The number of carbonyl (C=O) groups excluding carboxylic acids is 2. The summed E-state index contributed by atoms with van der Waals surface area (Å²) in [5.41, 5.74) is 2.00. The van der Waals surface area contributed by atoms with Crippen LogP contribution < -0.4 is 5.32 Å². The van der Waals surface area contributed by atoms with E-state index in [1.54, 1.807) is 28.4 Å². The Morgan fingerprint density at radius 1 is 1.28 bits per heavy atom. The number of amides is 2. The predicted molar refractivity (Wildman–Crippen MR) is 124 cm³/mol. The maximum absolute atomic E-state index is 12.7. The lowest BCUT2D eigenvalue weighted by molar-refractivity contribution is -0.117. The molecule has 0 spiro atoms. The lowest BCUT2D eigenvalue weighted by Gasteiger charge is -2.33. The average Bonchev–Trinajstić information content (AvgIpc) is 3.40. The summed E-state index contributed by atoms with van der Waals surface area (Å²) < 4.78 is 5.19. The van der Waals surface area contributed by atoms with Crippen LogP contribution in [0.2, 0.25) is 0 Å². The lowest BCUT2D eigenvalue weighted by Crippen LogP contribution is -2.50. The first-order chi connectivity index (χ1) is 15.3. The van der Waals surface area contributed by atoms with Crippen LogP contribution in [-0.4, -0.2) is 54.3 Å². The summed E-state index contributed by atoms with van der Waals surface area (Å²) in [6, 6.07) is 5.70. The number of fused-ring (bicyclic) bond motifs is 1. The number of carbonyl (C=O) groups is 2. The molecule has 1 atom stereocenters. The van der Waals surface area contributed by atoms with E-state index in [2.05, 4.69) is 32.2 Å². The van der Waals surface area contributed by atoms with Crippen LogP contribution in [0.5, 0.6) is 0 Å². The summed E-state index contributed by atoms with van der Waals surface area (Å²) in [6.45, 7) is 9.42. The number of furan rings is 1. The molecule has 4 rings (SSSR count). The maximum Gasteiger partial charge on any atom is 0.289 e. The van der Waals surface area contributed by atoms with Crippen LogP contribution in [0.1, 0.15) is 53.8 Å². The summed E-state index contributed by atoms with van der Waals surface area (Å²) in [4.78, 5) is 30.2. The molecule has 0 bridgehead atoms. The number of nitrogens with zero attached hydrogens (tertiary/aromatic N) is 3. The van der Waals surface area contributed by atoms with E-state index in [1.165, 1.54) is 11.1 Å². The van der Waals surface area contributed by atoms with Crippen molar-refractivity contribution in [2.45, 2.75) is 40.0 Å². The van der Waals surface area contributed by atoms with Gasteiger partial charge in [0.05, 0.1) is 18.4 Å². The van der Waals surface area contributed by atoms with Gasteiger partial charge in [-0.3, -0.25) is 14.5 Å². The van der Waals surface area contributed by atoms with Gasteiger partial charge in [0.15, 0.2) is 5.76 Å². The molecule has 1 saturated heterocycles. The van der Waals surface area contributed by atoms with Gasteiger partial charge in [-0.2, -0.15) is 5.26 Å². The Balaban J connectivity index is 1.34. The van der Waals surface area contributed by atoms with Crippen molar-refractivity contribution in [2.75, 3.05) is 38.0 Å². The standard InChI is InChI=1S/C24H30N4O3S/c1-24(2,3)16-6-7-17-18(14-25)22(32-20(17)13-16)26-21(29)15-27-8-10-28(11-9-27)23(30)19-5-4-12-31-19/h4-5,12,16H,6-11,13,15H2,1-3H3,(H,26,29). The third-order valence-electron chi connectivity index (χ3n) is 6.61. The molecule has 1 fully saturated rings. The predicted octanol–water partition coefficient (Wildman–Crippen LogP) is 3.76. The maximum atomic E-state index is 12.7.